The van der Waals surface area contributed by atoms with Crippen LogP contribution in [0.1, 0.15) is 39.4 Å². The van der Waals surface area contributed by atoms with Crippen LogP contribution in [0.25, 0.3) is 0 Å². The van der Waals surface area contributed by atoms with Crippen LogP contribution in [-0.2, 0) is 26.9 Å². The highest BCUT2D eigenvalue weighted by Crippen LogP contribution is 2.40. The number of hydrogen-bond donors (Lipinski definition) is 2. The fourth-order valence-corrected chi connectivity index (χ4v) is 4.24. The van der Waals surface area contributed by atoms with Gasteiger partial charge in [-0.2, -0.15) is 8.78 Å². The molecule has 4 rings (SSSR count). The van der Waals surface area contributed by atoms with E-state index in [2.05, 4.69) is 5.32 Å². The lowest BCUT2D eigenvalue weighted by molar-refractivity contribution is -0.147. The van der Waals surface area contributed by atoms with E-state index < -0.39 is 58.1 Å². The second kappa shape index (κ2) is 8.80. The number of carbonyl (C=O) groups is 4. The van der Waals surface area contributed by atoms with Gasteiger partial charge in [-0.3, -0.25) is 24.5 Å². The highest BCUT2D eigenvalue weighted by Gasteiger charge is 2.53. The standard InChI is InChI=1S/C22H14B4ClF2N3O4/c23-15(30-19(36)22(28,29)12-2-4-13(27)5-3-12)10-1-6-14-11(7-10)8-32(16(14)33)21(26)9-20(24,25)17(34)31-18(21)35/h1-7,15H,8-9H2,(H,30,36)(H,31,34,35)/t15?,21-/m0/s1. The second-order valence-corrected chi connectivity index (χ2v) is 9.20. The van der Waals surface area contributed by atoms with Crippen molar-refractivity contribution in [3.05, 3.63) is 69.7 Å². The number of nitrogens with one attached hydrogen (secondary N) is 2. The number of imide groups is 1. The van der Waals surface area contributed by atoms with Gasteiger partial charge in [0.2, 0.25) is 11.8 Å². The van der Waals surface area contributed by atoms with E-state index in [1.54, 1.807) is 0 Å². The van der Waals surface area contributed by atoms with Gasteiger partial charge >= 0.3 is 5.92 Å². The highest BCUT2D eigenvalue weighted by atomic mass is 35.5. The molecule has 0 aromatic heterocycles. The number of fused-ring (bicyclic) bond motifs is 1. The summed E-state index contributed by atoms with van der Waals surface area (Å²) in [6.45, 7) is -0.183. The predicted molar refractivity (Wildman–Crippen MR) is 129 cm³/mol. The summed E-state index contributed by atoms with van der Waals surface area (Å²) in [6.07, 6.45) is -0.535. The third kappa shape index (κ3) is 4.34. The highest BCUT2D eigenvalue weighted by molar-refractivity contribution is 6.53. The summed E-state index contributed by atoms with van der Waals surface area (Å²) in [5.41, 5.74) is -1.85. The number of nitrogens with zero attached hydrogens (tertiary/aromatic N) is 1. The molecule has 0 spiro atoms. The lowest BCUT2D eigenvalue weighted by Gasteiger charge is -2.46. The molecule has 7 nitrogen and oxygen atoms in total. The second-order valence-electron chi connectivity index (χ2n) is 8.76. The number of amides is 4. The Morgan fingerprint density at radius 3 is 2.36 bits per heavy atom. The largest absolute Gasteiger partial charge is 0.352 e. The van der Waals surface area contributed by atoms with E-state index in [1.165, 1.54) is 30.3 Å². The Bertz CT molecular complexity index is 1290. The maximum atomic E-state index is 14.6. The van der Waals surface area contributed by atoms with E-state index in [-0.39, 0.29) is 22.7 Å². The van der Waals surface area contributed by atoms with Crippen molar-refractivity contribution >= 4 is 66.6 Å². The first kappa shape index (κ1) is 26.0. The van der Waals surface area contributed by atoms with Crippen molar-refractivity contribution in [3.8, 4) is 0 Å². The quantitative estimate of drug-likeness (QED) is 0.467. The Labute approximate surface area is 215 Å². The minimum Gasteiger partial charge on any atom is -0.352 e. The molecular formula is C22H14B4ClF2N3O4. The molecule has 8 radical (unpaired) electrons. The fraction of sp³-hybridized carbons (Fsp3) is 0.273. The van der Waals surface area contributed by atoms with Crippen molar-refractivity contribution in [2.24, 2.45) is 0 Å². The van der Waals surface area contributed by atoms with Crippen LogP contribution in [0, 0.1) is 0 Å². The molecule has 2 aliphatic rings. The lowest BCUT2D eigenvalue weighted by atomic mass is 9.45. The number of benzene rings is 2. The lowest BCUT2D eigenvalue weighted by Crippen LogP contribution is -2.67. The summed E-state index contributed by atoms with van der Waals surface area (Å²) in [6, 6.07) is 8.67. The van der Waals surface area contributed by atoms with Crippen molar-refractivity contribution in [2.75, 3.05) is 0 Å². The van der Waals surface area contributed by atoms with Crippen LogP contribution in [-0.4, -0.2) is 65.4 Å². The van der Waals surface area contributed by atoms with E-state index in [4.69, 9.17) is 43.0 Å². The number of hydrogen-bond acceptors (Lipinski definition) is 4. The van der Waals surface area contributed by atoms with Gasteiger partial charge in [-0.25, -0.2) is 0 Å². The molecule has 2 atom stereocenters. The molecule has 2 aliphatic heterocycles. The van der Waals surface area contributed by atoms with Gasteiger partial charge in [0.15, 0.2) is 0 Å². The van der Waals surface area contributed by atoms with Crippen molar-refractivity contribution in [2.45, 2.75) is 35.5 Å². The monoisotopic (exact) mass is 501 g/mol. The summed E-state index contributed by atoms with van der Waals surface area (Å²) in [5.74, 6) is -9.40. The minimum absolute atomic E-state index is 0.165. The number of halogens is 3. The third-order valence-corrected chi connectivity index (χ3v) is 6.41. The van der Waals surface area contributed by atoms with Gasteiger partial charge < -0.3 is 10.2 Å². The maximum Gasteiger partial charge on any atom is 0.349 e. The smallest absolute Gasteiger partial charge is 0.349 e. The van der Waals surface area contributed by atoms with Crippen molar-refractivity contribution in [1.82, 2.24) is 15.5 Å². The van der Waals surface area contributed by atoms with Crippen molar-refractivity contribution in [3.63, 3.8) is 0 Å². The fourth-order valence-electron chi connectivity index (χ4n) is 4.11. The zero-order valence-electron chi connectivity index (χ0n) is 18.6. The topological polar surface area (TPSA) is 95.6 Å². The molecule has 4 amide bonds. The van der Waals surface area contributed by atoms with Gasteiger partial charge in [-0.1, -0.05) is 35.9 Å². The molecule has 36 heavy (non-hydrogen) atoms. The number of piperidine rings is 1. The predicted octanol–water partition coefficient (Wildman–Crippen LogP) is 0.736. The Balaban J connectivity index is 1.53. The Morgan fingerprint density at radius 1 is 1.08 bits per heavy atom. The SMILES string of the molecule is [B]C(NC(=O)C(F)(F)c1ccc(Cl)cc1)c1ccc2c(c1)CN([C@@]1([B])CC([B])([B])C(=O)NC1=O)C2=O. The average Bonchev–Trinajstić information content (AvgIpc) is 3.14. The van der Waals surface area contributed by atoms with Crippen LogP contribution in [0.2, 0.25) is 10.2 Å². The molecule has 2 heterocycles. The van der Waals surface area contributed by atoms with Gasteiger partial charge in [-0.15, -0.1) is 0 Å². The van der Waals surface area contributed by atoms with Gasteiger partial charge in [0.1, 0.15) is 15.7 Å². The van der Waals surface area contributed by atoms with E-state index in [9.17, 15) is 28.0 Å². The molecular weight excluding hydrogens is 487 g/mol. The van der Waals surface area contributed by atoms with Crippen LogP contribution in [0.4, 0.5) is 8.78 Å². The Kier molecular flexibility index (Phi) is 6.35. The van der Waals surface area contributed by atoms with Crippen LogP contribution < -0.4 is 10.6 Å². The van der Waals surface area contributed by atoms with Crippen LogP contribution in [0.15, 0.2) is 42.5 Å². The Hall–Kier alpha value is -3.07. The molecule has 174 valence electrons. The minimum atomic E-state index is -3.89. The molecule has 1 unspecified atom stereocenters. The summed E-state index contributed by atoms with van der Waals surface area (Å²) in [7, 11) is 23.6. The van der Waals surface area contributed by atoms with Crippen LogP contribution >= 0.6 is 11.6 Å². The van der Waals surface area contributed by atoms with Crippen LogP contribution in [0.5, 0.6) is 0 Å². The summed E-state index contributed by atoms with van der Waals surface area (Å²) < 4.78 is 29.2. The zero-order chi connectivity index (χ0) is 26.6. The first-order chi connectivity index (χ1) is 16.7. The molecule has 2 aromatic rings. The molecule has 2 N–H and O–H groups in total. The van der Waals surface area contributed by atoms with E-state index in [0.717, 1.165) is 17.0 Å². The molecule has 0 saturated carbocycles. The van der Waals surface area contributed by atoms with Gasteiger partial charge in [0, 0.05) is 28.6 Å². The number of alkyl halides is 2. The van der Waals surface area contributed by atoms with Crippen molar-refractivity contribution in [1.29, 1.82) is 0 Å². The first-order valence-electron chi connectivity index (χ1n) is 10.5. The number of carbonyl (C=O) groups excluding carboxylic acids is 4. The molecule has 14 heteroatoms. The molecule has 1 fully saturated rings. The normalized spacial score (nSPS) is 22.1. The van der Waals surface area contributed by atoms with Gasteiger partial charge in [-0.05, 0) is 41.0 Å². The average molecular weight is 501 g/mol. The summed E-state index contributed by atoms with van der Waals surface area (Å²) >= 11 is 5.71. The molecule has 2 aromatic carbocycles. The summed E-state index contributed by atoms with van der Waals surface area (Å²) in [4.78, 5) is 50.7. The molecule has 1 saturated heterocycles. The van der Waals surface area contributed by atoms with Gasteiger partial charge in [0.25, 0.3) is 11.8 Å². The summed E-state index contributed by atoms with van der Waals surface area (Å²) in [5, 5.41) is 2.26. The van der Waals surface area contributed by atoms with E-state index in [1.807, 2.05) is 5.32 Å². The zero-order valence-corrected chi connectivity index (χ0v) is 19.3. The van der Waals surface area contributed by atoms with Gasteiger partial charge in [0.05, 0.1) is 21.1 Å². The molecule has 0 aliphatic carbocycles. The first-order valence-corrected chi connectivity index (χ1v) is 10.9. The maximum absolute atomic E-state index is 14.6. The van der Waals surface area contributed by atoms with E-state index in [0.29, 0.717) is 5.56 Å². The van der Waals surface area contributed by atoms with Crippen LogP contribution in [0.3, 0.4) is 0 Å². The van der Waals surface area contributed by atoms with E-state index >= 15 is 0 Å². The Morgan fingerprint density at radius 2 is 1.72 bits per heavy atom. The number of rotatable bonds is 5. The van der Waals surface area contributed by atoms with Crippen molar-refractivity contribution < 1.29 is 28.0 Å². The third-order valence-electron chi connectivity index (χ3n) is 6.16. The molecule has 0 bridgehead atoms.